The topological polar surface area (TPSA) is 112 Å². The Labute approximate surface area is 290 Å². The predicted octanol–water partition coefficient (Wildman–Crippen LogP) is 5.69. The van der Waals surface area contributed by atoms with E-state index in [1.807, 2.05) is 0 Å². The van der Waals surface area contributed by atoms with Crippen molar-refractivity contribution in [2.75, 3.05) is 33.0 Å². The number of alkyl halides is 2. The molecule has 15 heteroatoms. The van der Waals surface area contributed by atoms with E-state index in [1.54, 1.807) is 38.4 Å². The van der Waals surface area contributed by atoms with Gasteiger partial charge in [0.2, 0.25) is 5.91 Å². The molecule has 2 atom stereocenters. The van der Waals surface area contributed by atoms with Gasteiger partial charge in [-0.25, -0.2) is 4.79 Å². The maximum absolute atomic E-state index is 13.8. The summed E-state index contributed by atoms with van der Waals surface area (Å²) in [6.45, 7) is -2.49. The first-order valence-electron chi connectivity index (χ1n) is 15.1. The van der Waals surface area contributed by atoms with Crippen molar-refractivity contribution in [3.63, 3.8) is 0 Å². The van der Waals surface area contributed by atoms with Crippen molar-refractivity contribution >= 4 is 52.7 Å². The second kappa shape index (κ2) is 15.6. The van der Waals surface area contributed by atoms with E-state index in [1.165, 1.54) is 39.8 Å². The van der Waals surface area contributed by atoms with E-state index in [0.717, 1.165) is 25.2 Å². The molecule has 0 spiro atoms. The van der Waals surface area contributed by atoms with Gasteiger partial charge in [-0.3, -0.25) is 9.59 Å². The summed E-state index contributed by atoms with van der Waals surface area (Å²) in [5.41, 5.74) is 1.73. The molecule has 0 bridgehead atoms. The number of pyridine rings is 1. The van der Waals surface area contributed by atoms with Gasteiger partial charge in [0.25, 0.3) is 5.91 Å². The Hall–Kier alpha value is -3.81. The Kier molecular flexibility index (Phi) is 11.5. The number of carbonyl (C=O) groups is 3. The average Bonchev–Trinajstić information content (AvgIpc) is 3.73. The summed E-state index contributed by atoms with van der Waals surface area (Å²) in [6, 6.07) is 11.0. The van der Waals surface area contributed by atoms with Crippen LogP contribution < -0.4 is 14.2 Å². The van der Waals surface area contributed by atoms with Crippen LogP contribution in [-0.4, -0.2) is 72.6 Å². The molecule has 2 amide bonds. The van der Waals surface area contributed by atoms with Gasteiger partial charge in [-0.2, -0.15) is 13.5 Å². The van der Waals surface area contributed by atoms with Gasteiger partial charge >= 0.3 is 12.6 Å². The molecule has 2 aliphatic rings. The lowest BCUT2D eigenvalue weighted by Crippen LogP contribution is -2.41. The lowest BCUT2D eigenvalue weighted by atomic mass is 10.0. The van der Waals surface area contributed by atoms with Crippen molar-refractivity contribution in [2.45, 2.75) is 43.8 Å². The first-order chi connectivity index (χ1) is 22.9. The second-order valence-corrected chi connectivity index (χ2v) is 13.7. The standard InChI is InChI=1S/C33H33Cl2F2N3O7S/c1-38(2)30(42)22-5-3-4-20(12-22)13-29(41)40-10-11-48-31(40)32(43)46-27(15-23-24(34)16-39(44)17-25(23)35)21-8-9-26(47-33(36)37)28(14-21)45-18-19-6-7-19/h3-5,8-9,12,14,16-17,19,27,31,33H,6-7,10-11,13,15,18H2,1-2H3. The van der Waals surface area contributed by atoms with Crippen molar-refractivity contribution in [1.82, 2.24) is 9.80 Å². The molecule has 10 nitrogen and oxygen atoms in total. The van der Waals surface area contributed by atoms with Crippen molar-refractivity contribution < 1.29 is 42.1 Å². The van der Waals surface area contributed by atoms with Crippen LogP contribution >= 0.6 is 35.0 Å². The van der Waals surface area contributed by atoms with Gasteiger partial charge in [0, 0.05) is 43.9 Å². The Morgan fingerprint density at radius 3 is 2.48 bits per heavy atom. The van der Waals surface area contributed by atoms with Crippen LogP contribution in [-0.2, 0) is 27.2 Å². The summed E-state index contributed by atoms with van der Waals surface area (Å²) in [5, 5.41) is 11.0. The molecular formula is C33H33Cl2F2N3O7S. The van der Waals surface area contributed by atoms with Crippen LogP contribution in [0.3, 0.4) is 0 Å². The molecule has 1 aliphatic heterocycles. The van der Waals surface area contributed by atoms with Gasteiger partial charge in [0.15, 0.2) is 29.3 Å². The van der Waals surface area contributed by atoms with E-state index in [2.05, 4.69) is 4.74 Å². The van der Waals surface area contributed by atoms with Crippen molar-refractivity contribution in [3.8, 4) is 11.5 Å². The Morgan fingerprint density at radius 2 is 1.81 bits per heavy atom. The maximum Gasteiger partial charge on any atom is 0.387 e. The smallest absolute Gasteiger partial charge is 0.387 e. The minimum absolute atomic E-state index is 0.0310. The van der Waals surface area contributed by atoms with Crippen LogP contribution in [0.4, 0.5) is 8.78 Å². The highest BCUT2D eigenvalue weighted by Crippen LogP contribution is 2.38. The van der Waals surface area contributed by atoms with Crippen LogP contribution in [0.1, 0.15) is 46.0 Å². The summed E-state index contributed by atoms with van der Waals surface area (Å²) >= 11 is 14.0. The number of hydrogen-bond donors (Lipinski definition) is 0. The van der Waals surface area contributed by atoms with E-state index >= 15 is 0 Å². The molecule has 2 fully saturated rings. The predicted molar refractivity (Wildman–Crippen MR) is 175 cm³/mol. The SMILES string of the molecule is CN(C)C(=O)c1cccc(CC(=O)N2CCSC2C(=O)OC(Cc2c(Cl)c[n+]([O-])cc2Cl)c2ccc(OC(F)F)c(OCC3CC3)c2)c1. The average molecular weight is 725 g/mol. The second-order valence-electron chi connectivity index (χ2n) is 11.6. The molecule has 1 aliphatic carbocycles. The maximum atomic E-state index is 13.8. The lowest BCUT2D eigenvalue weighted by molar-refractivity contribution is -0.605. The molecule has 5 rings (SSSR count). The van der Waals surface area contributed by atoms with E-state index in [4.69, 9.17) is 32.7 Å². The third-order valence-electron chi connectivity index (χ3n) is 7.78. The number of hydrogen-bond acceptors (Lipinski definition) is 8. The summed E-state index contributed by atoms with van der Waals surface area (Å²) in [6.07, 6.45) is 2.94. The molecule has 3 aromatic rings. The van der Waals surface area contributed by atoms with Gasteiger partial charge in [0.05, 0.1) is 13.0 Å². The summed E-state index contributed by atoms with van der Waals surface area (Å²) in [7, 11) is 3.27. The Morgan fingerprint density at radius 1 is 1.08 bits per heavy atom. The zero-order valence-electron chi connectivity index (χ0n) is 26.1. The fourth-order valence-corrected chi connectivity index (χ4v) is 6.85. The molecule has 2 heterocycles. The van der Waals surface area contributed by atoms with Crippen molar-refractivity contribution in [1.29, 1.82) is 0 Å². The Balaban J connectivity index is 1.40. The number of ether oxygens (including phenoxy) is 3. The number of aromatic nitrogens is 1. The molecular weight excluding hydrogens is 691 g/mol. The van der Waals surface area contributed by atoms with E-state index < -0.39 is 24.1 Å². The van der Waals surface area contributed by atoms with Gasteiger partial charge < -0.3 is 29.2 Å². The number of rotatable bonds is 13. The molecule has 256 valence electrons. The lowest BCUT2D eigenvalue weighted by Gasteiger charge is -2.26. The minimum Gasteiger partial charge on any atom is -0.619 e. The zero-order chi connectivity index (χ0) is 34.5. The van der Waals surface area contributed by atoms with Crippen molar-refractivity contribution in [2.24, 2.45) is 5.92 Å². The molecule has 2 aromatic carbocycles. The molecule has 48 heavy (non-hydrogen) atoms. The van der Waals surface area contributed by atoms with E-state index in [0.29, 0.717) is 51.8 Å². The molecule has 2 unspecified atom stereocenters. The van der Waals surface area contributed by atoms with E-state index in [-0.39, 0.29) is 46.2 Å². The number of amides is 2. The van der Waals surface area contributed by atoms with Gasteiger partial charge in [-0.1, -0.05) is 41.4 Å². The minimum atomic E-state index is -3.09. The van der Waals surface area contributed by atoms with Crippen molar-refractivity contribution in [3.05, 3.63) is 92.4 Å². The normalized spacial score (nSPS) is 16.5. The number of carbonyl (C=O) groups excluding carboxylic acids is 3. The Bertz CT molecular complexity index is 1650. The monoisotopic (exact) mass is 723 g/mol. The van der Waals surface area contributed by atoms with Gasteiger partial charge in [-0.05, 0) is 54.2 Å². The van der Waals surface area contributed by atoms with Crippen LogP contribution in [0.2, 0.25) is 10.0 Å². The fraction of sp³-hybridized carbons (Fsp3) is 0.394. The number of benzene rings is 2. The molecule has 1 aromatic heterocycles. The molecule has 1 saturated carbocycles. The van der Waals surface area contributed by atoms with Crippen LogP contribution in [0.25, 0.3) is 0 Å². The number of esters is 1. The summed E-state index contributed by atoms with van der Waals surface area (Å²) < 4.78 is 43.4. The highest BCUT2D eigenvalue weighted by molar-refractivity contribution is 8.00. The highest BCUT2D eigenvalue weighted by atomic mass is 35.5. The summed E-state index contributed by atoms with van der Waals surface area (Å²) in [5.74, 6) is -0.594. The van der Waals surface area contributed by atoms with E-state index in [9.17, 15) is 28.4 Å². The molecule has 0 N–H and O–H groups in total. The zero-order valence-corrected chi connectivity index (χ0v) is 28.4. The number of halogens is 4. The quantitative estimate of drug-likeness (QED) is 0.126. The fourth-order valence-electron chi connectivity index (χ4n) is 5.13. The molecule has 1 saturated heterocycles. The number of thioether (sulfide) groups is 1. The highest BCUT2D eigenvalue weighted by Gasteiger charge is 2.38. The van der Waals surface area contributed by atoms with Crippen LogP contribution in [0, 0.1) is 11.1 Å². The summed E-state index contributed by atoms with van der Waals surface area (Å²) in [4.78, 5) is 42.6. The number of nitrogens with zero attached hydrogens (tertiary/aromatic N) is 3. The van der Waals surface area contributed by atoms with Gasteiger partial charge in [-0.15, -0.1) is 11.8 Å². The first kappa shape index (κ1) is 35.5. The van der Waals surface area contributed by atoms with Crippen LogP contribution in [0.5, 0.6) is 11.5 Å². The third kappa shape index (κ3) is 9.00. The largest absolute Gasteiger partial charge is 0.619 e. The van der Waals surface area contributed by atoms with Gasteiger partial charge in [0.1, 0.15) is 16.1 Å². The first-order valence-corrected chi connectivity index (χ1v) is 16.9. The third-order valence-corrected chi connectivity index (χ3v) is 9.61. The molecule has 0 radical (unpaired) electrons. The van der Waals surface area contributed by atoms with Crippen LogP contribution in [0.15, 0.2) is 54.9 Å².